The molecule has 0 atom stereocenters. The number of nitrogens with zero attached hydrogens (tertiary/aromatic N) is 2. The average molecular weight is 305 g/mol. The third kappa shape index (κ3) is 2.63. The molecule has 0 saturated heterocycles. The number of benzene rings is 1. The molecular formula is C17H21ClN2O. The van der Waals surface area contributed by atoms with E-state index in [0.717, 1.165) is 24.4 Å². The maximum atomic E-state index is 9.37. The Balaban J connectivity index is 0.00000161. The molecule has 0 saturated carbocycles. The van der Waals surface area contributed by atoms with Gasteiger partial charge >= 0.3 is 0 Å². The average Bonchev–Trinajstić information content (AvgIpc) is 2.80. The van der Waals surface area contributed by atoms with Crippen LogP contribution in [0.1, 0.15) is 31.2 Å². The zero-order chi connectivity index (χ0) is 14.1. The van der Waals surface area contributed by atoms with Gasteiger partial charge in [0.2, 0.25) is 0 Å². The number of pyridine rings is 1. The lowest BCUT2D eigenvalue weighted by molar-refractivity contribution is 0.277. The highest BCUT2D eigenvalue weighted by atomic mass is 35.5. The summed E-state index contributed by atoms with van der Waals surface area (Å²) in [6, 6.07) is 10.5. The predicted molar refractivity (Wildman–Crippen MR) is 90.1 cm³/mol. The van der Waals surface area contributed by atoms with Crippen molar-refractivity contribution in [2.24, 2.45) is 0 Å². The van der Waals surface area contributed by atoms with Gasteiger partial charge < -0.3 is 9.67 Å². The highest BCUT2D eigenvalue weighted by Crippen LogP contribution is 2.31. The van der Waals surface area contributed by atoms with Crippen LogP contribution in [0.2, 0.25) is 0 Å². The van der Waals surface area contributed by atoms with E-state index in [2.05, 4.69) is 40.7 Å². The summed E-state index contributed by atoms with van der Waals surface area (Å²) in [4.78, 5) is 4.51. The summed E-state index contributed by atoms with van der Waals surface area (Å²) in [7, 11) is 0. The number of aromatic nitrogens is 2. The maximum absolute atomic E-state index is 9.37. The molecule has 0 aliphatic carbocycles. The molecule has 112 valence electrons. The van der Waals surface area contributed by atoms with E-state index in [1.54, 1.807) is 0 Å². The molecule has 2 heterocycles. The standard InChI is InChI=1S/C17H20N2O.ClH/c1-3-4-9-19-16-8-6-5-7-14(16)15-10-13(11-20)18-12(2)17(15)19;/h5-8,10,20H,3-4,9,11H2,1-2H3;1H. The molecule has 3 rings (SSSR count). The van der Waals surface area contributed by atoms with Gasteiger partial charge in [0.1, 0.15) is 0 Å². The van der Waals surface area contributed by atoms with Gasteiger partial charge in [-0.25, -0.2) is 0 Å². The summed E-state index contributed by atoms with van der Waals surface area (Å²) in [5, 5.41) is 11.8. The minimum atomic E-state index is -0.00868. The topological polar surface area (TPSA) is 38.0 Å². The summed E-state index contributed by atoms with van der Waals surface area (Å²) in [6.07, 6.45) is 2.34. The Bertz CT molecular complexity index is 764. The molecule has 0 aliphatic heterocycles. The number of fused-ring (bicyclic) bond motifs is 3. The summed E-state index contributed by atoms with van der Waals surface area (Å²) in [6.45, 7) is 5.25. The van der Waals surface area contributed by atoms with Gasteiger partial charge in [0.25, 0.3) is 0 Å². The van der Waals surface area contributed by atoms with Gasteiger partial charge in [-0.15, -0.1) is 12.4 Å². The number of aryl methyl sites for hydroxylation is 2. The first-order valence-electron chi connectivity index (χ1n) is 7.24. The number of halogens is 1. The van der Waals surface area contributed by atoms with Crippen LogP contribution < -0.4 is 0 Å². The van der Waals surface area contributed by atoms with E-state index in [0.29, 0.717) is 0 Å². The largest absolute Gasteiger partial charge is 0.390 e. The van der Waals surface area contributed by atoms with Crippen molar-refractivity contribution < 1.29 is 5.11 Å². The molecule has 1 aromatic carbocycles. The van der Waals surface area contributed by atoms with Crippen molar-refractivity contribution in [3.63, 3.8) is 0 Å². The molecule has 3 nitrogen and oxygen atoms in total. The molecule has 21 heavy (non-hydrogen) atoms. The Labute approximate surface area is 131 Å². The van der Waals surface area contributed by atoms with E-state index in [4.69, 9.17) is 0 Å². The molecule has 0 spiro atoms. The fourth-order valence-corrected chi connectivity index (χ4v) is 2.96. The van der Waals surface area contributed by atoms with Gasteiger partial charge in [-0.3, -0.25) is 4.98 Å². The van der Waals surface area contributed by atoms with E-state index < -0.39 is 0 Å². The monoisotopic (exact) mass is 304 g/mol. The van der Waals surface area contributed by atoms with Crippen molar-refractivity contribution >= 4 is 34.2 Å². The zero-order valence-electron chi connectivity index (χ0n) is 12.5. The van der Waals surface area contributed by atoms with Crippen molar-refractivity contribution in [3.05, 3.63) is 41.7 Å². The second kappa shape index (κ2) is 6.46. The van der Waals surface area contributed by atoms with Crippen LogP contribution in [0.3, 0.4) is 0 Å². The van der Waals surface area contributed by atoms with E-state index in [1.165, 1.54) is 28.2 Å². The number of hydrogen-bond donors (Lipinski definition) is 1. The number of rotatable bonds is 4. The summed E-state index contributed by atoms with van der Waals surface area (Å²) >= 11 is 0. The number of aliphatic hydroxyl groups excluding tert-OH is 1. The number of para-hydroxylation sites is 1. The molecule has 0 unspecified atom stereocenters. The molecule has 3 aromatic rings. The van der Waals surface area contributed by atoms with Crippen molar-refractivity contribution in [1.29, 1.82) is 0 Å². The molecule has 0 aliphatic rings. The van der Waals surface area contributed by atoms with Crippen molar-refractivity contribution in [2.45, 2.75) is 39.8 Å². The Morgan fingerprint density at radius 1 is 1.19 bits per heavy atom. The molecule has 0 amide bonds. The fraction of sp³-hybridized carbons (Fsp3) is 0.353. The first kappa shape index (κ1) is 15.8. The van der Waals surface area contributed by atoms with Crippen LogP contribution in [0.25, 0.3) is 21.8 Å². The maximum Gasteiger partial charge on any atom is 0.0853 e. The van der Waals surface area contributed by atoms with Gasteiger partial charge in [0.05, 0.1) is 23.5 Å². The van der Waals surface area contributed by atoms with Gasteiger partial charge in [-0.05, 0) is 25.5 Å². The molecule has 0 bridgehead atoms. The summed E-state index contributed by atoms with van der Waals surface area (Å²) in [5.41, 5.74) is 4.21. The molecule has 1 N–H and O–H groups in total. The predicted octanol–water partition coefficient (Wildman–Crippen LogP) is 4.21. The molecule has 0 radical (unpaired) electrons. The highest BCUT2D eigenvalue weighted by molar-refractivity contribution is 6.08. The minimum absolute atomic E-state index is 0. The van der Waals surface area contributed by atoms with Gasteiger partial charge in [0.15, 0.2) is 0 Å². The van der Waals surface area contributed by atoms with E-state index in [-0.39, 0.29) is 19.0 Å². The molecule has 4 heteroatoms. The summed E-state index contributed by atoms with van der Waals surface area (Å²) in [5.74, 6) is 0. The van der Waals surface area contributed by atoms with Crippen LogP contribution in [0, 0.1) is 6.92 Å². The second-order valence-corrected chi connectivity index (χ2v) is 5.28. The molecule has 2 aromatic heterocycles. The van der Waals surface area contributed by atoms with Gasteiger partial charge in [-0.1, -0.05) is 31.5 Å². The zero-order valence-corrected chi connectivity index (χ0v) is 13.3. The van der Waals surface area contributed by atoms with Gasteiger partial charge in [0, 0.05) is 22.8 Å². The molecular weight excluding hydrogens is 284 g/mol. The van der Waals surface area contributed by atoms with Gasteiger partial charge in [-0.2, -0.15) is 0 Å². The van der Waals surface area contributed by atoms with Crippen LogP contribution in [-0.2, 0) is 13.2 Å². The Kier molecular flexibility index (Phi) is 4.86. The van der Waals surface area contributed by atoms with Crippen molar-refractivity contribution in [3.8, 4) is 0 Å². The number of aliphatic hydroxyl groups is 1. The second-order valence-electron chi connectivity index (χ2n) is 5.28. The number of unbranched alkanes of at least 4 members (excludes halogenated alkanes) is 1. The quantitative estimate of drug-likeness (QED) is 0.784. The normalized spacial score (nSPS) is 11.0. The Morgan fingerprint density at radius 3 is 2.67 bits per heavy atom. The SMILES string of the molecule is CCCCn1c2ccccc2c2cc(CO)nc(C)c21.Cl. The van der Waals surface area contributed by atoms with Crippen LogP contribution in [0.5, 0.6) is 0 Å². The Morgan fingerprint density at radius 2 is 1.95 bits per heavy atom. The van der Waals surface area contributed by atoms with Crippen LogP contribution in [-0.4, -0.2) is 14.7 Å². The highest BCUT2D eigenvalue weighted by Gasteiger charge is 2.13. The third-order valence-electron chi connectivity index (χ3n) is 3.87. The van der Waals surface area contributed by atoms with Crippen LogP contribution >= 0.6 is 12.4 Å². The third-order valence-corrected chi connectivity index (χ3v) is 3.87. The van der Waals surface area contributed by atoms with E-state index >= 15 is 0 Å². The lowest BCUT2D eigenvalue weighted by atomic mass is 10.1. The minimum Gasteiger partial charge on any atom is -0.390 e. The Hall–Kier alpha value is -1.58. The molecule has 0 fully saturated rings. The van der Waals surface area contributed by atoms with Crippen LogP contribution in [0.15, 0.2) is 30.3 Å². The lowest BCUT2D eigenvalue weighted by Crippen LogP contribution is -2.00. The van der Waals surface area contributed by atoms with Crippen molar-refractivity contribution in [2.75, 3.05) is 0 Å². The van der Waals surface area contributed by atoms with E-state index in [1.807, 2.05) is 13.0 Å². The first-order valence-corrected chi connectivity index (χ1v) is 7.24. The van der Waals surface area contributed by atoms with E-state index in [9.17, 15) is 5.11 Å². The smallest absolute Gasteiger partial charge is 0.0853 e. The first-order chi connectivity index (χ1) is 9.76. The summed E-state index contributed by atoms with van der Waals surface area (Å²) < 4.78 is 2.37. The van der Waals surface area contributed by atoms with Crippen molar-refractivity contribution in [1.82, 2.24) is 9.55 Å². The lowest BCUT2D eigenvalue weighted by Gasteiger charge is -2.08. The number of hydrogen-bond acceptors (Lipinski definition) is 2. The fourth-order valence-electron chi connectivity index (χ4n) is 2.96. The van der Waals surface area contributed by atoms with Crippen LogP contribution in [0.4, 0.5) is 0 Å².